The van der Waals surface area contributed by atoms with Crippen LogP contribution in [0.25, 0.3) is 11.4 Å². The Morgan fingerprint density at radius 2 is 2.00 bits per heavy atom. The zero-order chi connectivity index (χ0) is 24.5. The van der Waals surface area contributed by atoms with Gasteiger partial charge in [-0.25, -0.2) is 18.8 Å². The molecular formula is C24H33N5O4S. The minimum absolute atomic E-state index is 0.151. The molecule has 2 N–H and O–H groups in total. The van der Waals surface area contributed by atoms with Crippen molar-refractivity contribution in [2.75, 3.05) is 31.3 Å². The predicted octanol–water partition coefficient (Wildman–Crippen LogP) is 3.22. The van der Waals surface area contributed by atoms with Crippen LogP contribution in [0.5, 0.6) is 5.75 Å². The van der Waals surface area contributed by atoms with Crippen molar-refractivity contribution in [1.29, 1.82) is 0 Å². The van der Waals surface area contributed by atoms with Gasteiger partial charge in [-0.2, -0.15) is 4.31 Å². The largest absolute Gasteiger partial charge is 0.489 e. The van der Waals surface area contributed by atoms with Crippen LogP contribution in [-0.4, -0.2) is 48.9 Å². The Balaban J connectivity index is 1.79. The summed E-state index contributed by atoms with van der Waals surface area (Å²) in [5.41, 5.74) is 4.54. The molecule has 0 saturated carbocycles. The van der Waals surface area contributed by atoms with Crippen LogP contribution in [0.2, 0.25) is 0 Å². The highest BCUT2D eigenvalue weighted by atomic mass is 32.2. The fourth-order valence-corrected chi connectivity index (χ4v) is 5.93. The summed E-state index contributed by atoms with van der Waals surface area (Å²) in [4.78, 5) is 20.8. The number of hydrogen-bond donors (Lipinski definition) is 2. The smallest absolute Gasteiger partial charge is 0.276 e. The number of aromatic nitrogens is 2. The monoisotopic (exact) mass is 487 g/mol. The molecular weight excluding hydrogens is 454 g/mol. The number of aromatic amines is 1. The maximum Gasteiger partial charge on any atom is 0.276 e. The maximum absolute atomic E-state index is 13.4. The first-order chi connectivity index (χ1) is 16.3. The van der Waals surface area contributed by atoms with Crippen LogP contribution in [-0.2, 0) is 10.0 Å². The Labute approximate surface area is 200 Å². The lowest BCUT2D eigenvalue weighted by Gasteiger charge is -2.29. The minimum atomic E-state index is -3.68. The van der Waals surface area contributed by atoms with Crippen molar-refractivity contribution in [2.45, 2.75) is 51.0 Å². The zero-order valence-electron chi connectivity index (χ0n) is 20.0. The molecule has 0 aliphatic carbocycles. The molecule has 0 spiro atoms. The third-order valence-corrected chi connectivity index (χ3v) is 8.24. The number of benzene rings is 1. The summed E-state index contributed by atoms with van der Waals surface area (Å²) in [6, 6.07) is 4.57. The zero-order valence-corrected chi connectivity index (χ0v) is 20.8. The number of H-pyrrole nitrogens is 1. The maximum atomic E-state index is 13.4. The van der Waals surface area contributed by atoms with E-state index in [0.29, 0.717) is 48.2 Å². The van der Waals surface area contributed by atoms with E-state index in [-0.39, 0.29) is 28.9 Å². The van der Waals surface area contributed by atoms with E-state index in [1.807, 2.05) is 18.9 Å². The van der Waals surface area contributed by atoms with Crippen molar-refractivity contribution >= 4 is 15.7 Å². The van der Waals surface area contributed by atoms with Crippen LogP contribution < -0.4 is 20.7 Å². The van der Waals surface area contributed by atoms with Crippen molar-refractivity contribution < 1.29 is 13.2 Å². The van der Waals surface area contributed by atoms with Crippen LogP contribution in [0.1, 0.15) is 51.8 Å². The second-order valence-corrected chi connectivity index (χ2v) is 10.9. The summed E-state index contributed by atoms with van der Waals surface area (Å²) >= 11 is 0. The molecule has 0 radical (unpaired) electrons. The van der Waals surface area contributed by atoms with E-state index in [0.717, 1.165) is 19.3 Å². The second kappa shape index (κ2) is 9.89. The van der Waals surface area contributed by atoms with Gasteiger partial charge >= 0.3 is 0 Å². The van der Waals surface area contributed by atoms with E-state index in [9.17, 15) is 13.2 Å². The highest BCUT2D eigenvalue weighted by Crippen LogP contribution is 2.35. The van der Waals surface area contributed by atoms with Crippen molar-refractivity contribution in [3.63, 3.8) is 0 Å². The van der Waals surface area contributed by atoms with Gasteiger partial charge in [-0.3, -0.25) is 4.79 Å². The van der Waals surface area contributed by atoms with E-state index in [1.165, 1.54) is 4.31 Å². The lowest BCUT2D eigenvalue weighted by atomic mass is 10.0. The molecule has 0 amide bonds. The second-order valence-electron chi connectivity index (χ2n) is 9.00. The van der Waals surface area contributed by atoms with Crippen LogP contribution in [0.15, 0.2) is 40.5 Å². The van der Waals surface area contributed by atoms with Crippen LogP contribution in [0.4, 0.5) is 5.69 Å². The number of nitrogens with one attached hydrogen (secondary N) is 2. The number of hydrazine groups is 1. The number of sulfonamides is 1. The van der Waals surface area contributed by atoms with Crippen molar-refractivity contribution in [1.82, 2.24) is 19.7 Å². The van der Waals surface area contributed by atoms with Crippen molar-refractivity contribution in [2.24, 2.45) is 5.92 Å². The number of ether oxygens (including phenoxy) is 1. The lowest BCUT2D eigenvalue weighted by molar-refractivity contribution is 0.288. The molecule has 1 saturated heterocycles. The molecule has 10 heteroatoms. The van der Waals surface area contributed by atoms with Gasteiger partial charge in [-0.15, -0.1) is 0 Å². The molecule has 0 bridgehead atoms. The van der Waals surface area contributed by atoms with E-state index >= 15 is 0 Å². The first-order valence-corrected chi connectivity index (χ1v) is 13.3. The topological polar surface area (TPSA) is 108 Å². The number of piperidine rings is 1. The summed E-state index contributed by atoms with van der Waals surface area (Å²) in [7, 11) is -3.68. The Bertz CT molecular complexity index is 1220. The molecule has 1 unspecified atom stereocenters. The molecule has 2 aliphatic heterocycles. The van der Waals surface area contributed by atoms with Crippen LogP contribution in [0, 0.1) is 5.92 Å². The van der Waals surface area contributed by atoms with Crippen molar-refractivity contribution in [3.05, 3.63) is 46.9 Å². The third-order valence-electron chi connectivity index (χ3n) is 6.34. The summed E-state index contributed by atoms with van der Waals surface area (Å²) in [5, 5.41) is 1.82. The summed E-state index contributed by atoms with van der Waals surface area (Å²) in [5.74, 6) is 1.22. The standard InChI is InChI=1S/C24H33N5O4S/c1-5-11-29-22-21(17(4)27-29)25-23(26-24(22)30)19-15-18(7-8-20(19)33-14-6-2)34(31,32)28-12-9-16(3)10-13-28/h6-8,15-17,27H,2,5,9-14H2,1,3-4H3,(H,25,26,30). The van der Waals surface area contributed by atoms with Gasteiger partial charge in [0.15, 0.2) is 0 Å². The summed E-state index contributed by atoms with van der Waals surface area (Å²) < 4.78 is 34.1. The normalized spacial score (nSPS) is 19.3. The Hall–Kier alpha value is -2.69. The van der Waals surface area contributed by atoms with Gasteiger partial charge in [0.05, 0.1) is 22.2 Å². The molecule has 2 aliphatic rings. The van der Waals surface area contributed by atoms with E-state index < -0.39 is 10.0 Å². The highest BCUT2D eigenvalue weighted by Gasteiger charge is 2.32. The third kappa shape index (κ3) is 4.62. The molecule has 1 fully saturated rings. The summed E-state index contributed by atoms with van der Waals surface area (Å²) in [6.07, 6.45) is 4.16. The first kappa shape index (κ1) is 24.4. The van der Waals surface area contributed by atoms with E-state index in [1.54, 1.807) is 24.3 Å². The molecule has 184 valence electrons. The Kier molecular flexibility index (Phi) is 7.11. The first-order valence-electron chi connectivity index (χ1n) is 11.8. The van der Waals surface area contributed by atoms with E-state index in [4.69, 9.17) is 9.72 Å². The van der Waals surface area contributed by atoms with E-state index in [2.05, 4.69) is 23.9 Å². The predicted molar refractivity (Wildman–Crippen MR) is 132 cm³/mol. The number of hydrogen-bond acceptors (Lipinski definition) is 7. The van der Waals surface area contributed by atoms with Gasteiger partial charge < -0.3 is 14.7 Å². The van der Waals surface area contributed by atoms with Gasteiger partial charge in [-0.05, 0) is 50.3 Å². The van der Waals surface area contributed by atoms with Crippen LogP contribution >= 0.6 is 0 Å². The molecule has 9 nitrogen and oxygen atoms in total. The number of anilines is 1. The van der Waals surface area contributed by atoms with Gasteiger partial charge in [0.2, 0.25) is 10.0 Å². The molecule has 1 aromatic heterocycles. The van der Waals surface area contributed by atoms with Gasteiger partial charge in [0, 0.05) is 19.6 Å². The number of nitrogens with zero attached hydrogens (tertiary/aromatic N) is 3. The fraction of sp³-hybridized carbons (Fsp3) is 0.500. The highest BCUT2D eigenvalue weighted by molar-refractivity contribution is 7.89. The van der Waals surface area contributed by atoms with Gasteiger partial charge in [-0.1, -0.05) is 26.5 Å². The molecule has 1 aromatic carbocycles. The fourth-order valence-electron chi connectivity index (χ4n) is 4.44. The molecule has 4 rings (SSSR count). The molecule has 34 heavy (non-hydrogen) atoms. The molecule has 3 heterocycles. The summed E-state index contributed by atoms with van der Waals surface area (Å²) in [6.45, 7) is 11.7. The molecule has 2 aromatic rings. The Morgan fingerprint density at radius 1 is 1.26 bits per heavy atom. The van der Waals surface area contributed by atoms with Gasteiger partial charge in [0.25, 0.3) is 5.56 Å². The van der Waals surface area contributed by atoms with Crippen molar-refractivity contribution in [3.8, 4) is 17.1 Å². The Morgan fingerprint density at radius 3 is 2.68 bits per heavy atom. The minimum Gasteiger partial charge on any atom is -0.489 e. The van der Waals surface area contributed by atoms with Gasteiger partial charge in [0.1, 0.15) is 23.9 Å². The number of fused-ring (bicyclic) bond motifs is 1. The SMILES string of the molecule is C=CCOc1ccc(S(=O)(=O)N2CCC(C)CC2)cc1-c1nc2c(c(=O)[nH]1)N(CCC)NC2C. The average molecular weight is 488 g/mol. The molecule has 1 atom stereocenters. The quantitative estimate of drug-likeness (QED) is 0.551. The van der Waals surface area contributed by atoms with Crippen LogP contribution in [0.3, 0.4) is 0 Å². The lowest BCUT2D eigenvalue weighted by Crippen LogP contribution is -2.37. The average Bonchev–Trinajstić information content (AvgIpc) is 3.13. The number of rotatable bonds is 8.